The van der Waals surface area contributed by atoms with Gasteiger partial charge in [0.2, 0.25) is 0 Å². The molecule has 76 valence electrons. The summed E-state index contributed by atoms with van der Waals surface area (Å²) < 4.78 is 23.8. The van der Waals surface area contributed by atoms with E-state index in [9.17, 15) is 8.42 Å². The van der Waals surface area contributed by atoms with Crippen LogP contribution in [0.1, 0.15) is 39.5 Å². The fourth-order valence-corrected chi connectivity index (χ4v) is 4.96. The molecule has 3 atom stereocenters. The number of hydrogen-bond acceptors (Lipinski definition) is 2. The first-order chi connectivity index (χ1) is 6.01. The molecule has 2 aliphatic carbocycles. The van der Waals surface area contributed by atoms with Crippen molar-refractivity contribution in [1.29, 1.82) is 0 Å². The van der Waals surface area contributed by atoms with Crippen molar-refractivity contribution in [2.24, 2.45) is 11.8 Å². The van der Waals surface area contributed by atoms with Crippen LogP contribution < -0.4 is 0 Å². The van der Waals surface area contributed by atoms with Gasteiger partial charge in [-0.2, -0.15) is 0 Å². The molecule has 3 unspecified atom stereocenters. The minimum Gasteiger partial charge on any atom is -0.228 e. The third kappa shape index (κ3) is 1.41. The zero-order valence-corrected chi connectivity index (χ0v) is 9.18. The Bertz CT molecular complexity index is 292. The van der Waals surface area contributed by atoms with E-state index in [4.69, 9.17) is 0 Å². The van der Waals surface area contributed by atoms with Gasteiger partial charge >= 0.3 is 0 Å². The van der Waals surface area contributed by atoms with Crippen LogP contribution in [-0.4, -0.2) is 18.9 Å². The lowest BCUT2D eigenvalue weighted by molar-refractivity contribution is 0.461. The van der Waals surface area contributed by atoms with Gasteiger partial charge in [0.05, 0.1) is 10.5 Å². The number of sulfone groups is 1. The van der Waals surface area contributed by atoms with Gasteiger partial charge in [-0.1, -0.05) is 6.42 Å². The summed E-state index contributed by atoms with van der Waals surface area (Å²) in [6.07, 6.45) is 4.55. The first-order valence-electron chi connectivity index (χ1n) is 5.24. The second kappa shape index (κ2) is 2.97. The van der Waals surface area contributed by atoms with Gasteiger partial charge in [0.1, 0.15) is 0 Å². The number of rotatable bonds is 2. The third-order valence-corrected chi connectivity index (χ3v) is 6.49. The van der Waals surface area contributed by atoms with Gasteiger partial charge in [-0.3, -0.25) is 0 Å². The van der Waals surface area contributed by atoms with Crippen LogP contribution >= 0.6 is 0 Å². The van der Waals surface area contributed by atoms with Crippen LogP contribution in [0.25, 0.3) is 0 Å². The summed E-state index contributed by atoms with van der Waals surface area (Å²) in [5.41, 5.74) is 0. The van der Waals surface area contributed by atoms with E-state index in [1.54, 1.807) is 13.8 Å². The maximum Gasteiger partial charge on any atom is 0.155 e. The van der Waals surface area contributed by atoms with E-state index >= 15 is 0 Å². The molecule has 2 nitrogen and oxygen atoms in total. The van der Waals surface area contributed by atoms with Crippen molar-refractivity contribution in [3.8, 4) is 0 Å². The second-order valence-corrected chi connectivity index (χ2v) is 7.58. The van der Waals surface area contributed by atoms with Gasteiger partial charge in [0.15, 0.2) is 9.84 Å². The highest BCUT2D eigenvalue weighted by atomic mass is 32.2. The van der Waals surface area contributed by atoms with E-state index in [-0.39, 0.29) is 10.5 Å². The number of hydrogen-bond donors (Lipinski definition) is 0. The van der Waals surface area contributed by atoms with E-state index < -0.39 is 9.84 Å². The molecule has 2 bridgehead atoms. The molecule has 2 aliphatic rings. The van der Waals surface area contributed by atoms with E-state index in [0.717, 1.165) is 18.8 Å². The van der Waals surface area contributed by atoms with Crippen LogP contribution in [0, 0.1) is 11.8 Å². The minimum absolute atomic E-state index is 0.00579. The van der Waals surface area contributed by atoms with Crippen molar-refractivity contribution in [3.63, 3.8) is 0 Å². The maximum absolute atomic E-state index is 11.9. The molecule has 0 aliphatic heterocycles. The lowest BCUT2D eigenvalue weighted by Gasteiger charge is -2.23. The smallest absolute Gasteiger partial charge is 0.155 e. The highest BCUT2D eigenvalue weighted by molar-refractivity contribution is 7.92. The largest absolute Gasteiger partial charge is 0.228 e. The first-order valence-corrected chi connectivity index (χ1v) is 6.85. The van der Waals surface area contributed by atoms with Crippen molar-refractivity contribution in [2.45, 2.75) is 50.0 Å². The molecular formula is C10H18O2S. The molecule has 0 saturated heterocycles. The van der Waals surface area contributed by atoms with Gasteiger partial charge in [-0.05, 0) is 44.9 Å². The van der Waals surface area contributed by atoms with Crippen molar-refractivity contribution in [3.05, 3.63) is 0 Å². The average Bonchev–Trinajstić information content (AvgIpc) is 2.63. The number of fused-ring (bicyclic) bond motifs is 2. The molecule has 0 spiro atoms. The maximum atomic E-state index is 11.9. The van der Waals surface area contributed by atoms with E-state index in [1.807, 2.05) is 0 Å². The molecule has 0 aromatic rings. The molecule has 13 heavy (non-hydrogen) atoms. The second-order valence-electron chi connectivity index (χ2n) is 4.85. The van der Waals surface area contributed by atoms with Crippen LogP contribution in [0.5, 0.6) is 0 Å². The van der Waals surface area contributed by atoms with Crippen molar-refractivity contribution in [2.75, 3.05) is 0 Å². The summed E-state index contributed by atoms with van der Waals surface area (Å²) in [5.74, 6) is 1.22. The molecule has 2 saturated carbocycles. The normalized spacial score (nSPS) is 38.8. The van der Waals surface area contributed by atoms with Crippen LogP contribution in [0.2, 0.25) is 0 Å². The molecule has 0 N–H and O–H groups in total. The molecule has 2 fully saturated rings. The molecule has 0 amide bonds. The summed E-state index contributed by atoms with van der Waals surface area (Å²) >= 11 is 0. The molecule has 0 aromatic carbocycles. The van der Waals surface area contributed by atoms with Crippen molar-refractivity contribution < 1.29 is 8.42 Å². The van der Waals surface area contributed by atoms with Crippen molar-refractivity contribution >= 4 is 9.84 Å². The highest BCUT2D eigenvalue weighted by Gasteiger charge is 2.46. The fraction of sp³-hybridized carbons (Fsp3) is 1.00. The first kappa shape index (κ1) is 9.50. The van der Waals surface area contributed by atoms with Crippen LogP contribution in [-0.2, 0) is 9.84 Å². The van der Waals surface area contributed by atoms with Gasteiger partial charge in [0.25, 0.3) is 0 Å². The van der Waals surface area contributed by atoms with Crippen molar-refractivity contribution in [1.82, 2.24) is 0 Å². The Hall–Kier alpha value is -0.0500. The summed E-state index contributed by atoms with van der Waals surface area (Å²) in [5, 5.41) is -0.178. The van der Waals surface area contributed by atoms with Crippen LogP contribution in [0.15, 0.2) is 0 Å². The summed E-state index contributed by atoms with van der Waals surface area (Å²) in [7, 11) is -2.81. The monoisotopic (exact) mass is 202 g/mol. The minimum atomic E-state index is -2.81. The Balaban J connectivity index is 2.19. The Labute approximate surface area is 80.6 Å². The Kier molecular flexibility index (Phi) is 2.17. The van der Waals surface area contributed by atoms with Crippen LogP contribution in [0.3, 0.4) is 0 Å². The predicted octanol–water partition coefficient (Wildman–Crippen LogP) is 2.00. The van der Waals surface area contributed by atoms with Gasteiger partial charge in [-0.15, -0.1) is 0 Å². The summed E-state index contributed by atoms with van der Waals surface area (Å²) in [4.78, 5) is 0. The highest BCUT2D eigenvalue weighted by Crippen LogP contribution is 2.48. The predicted molar refractivity (Wildman–Crippen MR) is 53.3 cm³/mol. The molecule has 0 aromatic heterocycles. The van der Waals surface area contributed by atoms with Gasteiger partial charge in [0, 0.05) is 0 Å². The standard InChI is InChI=1S/C10H18O2S/c1-7(2)13(11,12)10-6-8-3-4-9(10)5-8/h7-10H,3-6H2,1-2H3. The SMILES string of the molecule is CC(C)S(=O)(=O)C1CC2CCC1C2. The van der Waals surface area contributed by atoms with Gasteiger partial charge in [-0.25, -0.2) is 8.42 Å². The van der Waals surface area contributed by atoms with E-state index in [2.05, 4.69) is 0 Å². The molecule has 0 radical (unpaired) electrons. The zero-order valence-electron chi connectivity index (χ0n) is 8.36. The fourth-order valence-electron chi connectivity index (χ4n) is 2.94. The van der Waals surface area contributed by atoms with Crippen LogP contribution in [0.4, 0.5) is 0 Å². The lowest BCUT2D eigenvalue weighted by atomic mass is 10.0. The molecule has 0 heterocycles. The Morgan fingerprint density at radius 3 is 2.23 bits per heavy atom. The quantitative estimate of drug-likeness (QED) is 0.686. The van der Waals surface area contributed by atoms with E-state index in [0.29, 0.717) is 5.92 Å². The zero-order chi connectivity index (χ0) is 9.64. The average molecular weight is 202 g/mol. The lowest BCUT2D eigenvalue weighted by Crippen LogP contribution is -2.32. The topological polar surface area (TPSA) is 34.1 Å². The van der Waals surface area contributed by atoms with E-state index in [1.165, 1.54) is 12.8 Å². The van der Waals surface area contributed by atoms with Gasteiger partial charge < -0.3 is 0 Å². The Morgan fingerprint density at radius 2 is 1.85 bits per heavy atom. The summed E-state index contributed by atoms with van der Waals surface area (Å²) in [6.45, 7) is 3.61. The molecule has 2 rings (SSSR count). The molecular weight excluding hydrogens is 184 g/mol. The Morgan fingerprint density at radius 1 is 1.15 bits per heavy atom. The summed E-state index contributed by atoms with van der Waals surface area (Å²) in [6, 6.07) is 0. The molecule has 3 heteroatoms. The third-order valence-electron chi connectivity index (χ3n) is 3.75.